The maximum Gasteiger partial charge on any atom is 0.119 e. The molecule has 1 N–H and O–H groups in total. The van der Waals surface area contributed by atoms with Crippen LogP contribution in [-0.4, -0.2) is 49.5 Å². The van der Waals surface area contributed by atoms with Gasteiger partial charge in [0.15, 0.2) is 0 Å². The van der Waals surface area contributed by atoms with Gasteiger partial charge in [-0.25, -0.2) is 0 Å². The Bertz CT molecular complexity index is 644. The summed E-state index contributed by atoms with van der Waals surface area (Å²) in [4.78, 5) is 2.38. The lowest BCUT2D eigenvalue weighted by molar-refractivity contribution is -0.00000829. The van der Waals surface area contributed by atoms with Crippen LogP contribution < -0.4 is 17.1 Å². The van der Waals surface area contributed by atoms with E-state index >= 15 is 0 Å². The van der Waals surface area contributed by atoms with Crippen LogP contribution in [0.25, 0.3) is 0 Å². The molecule has 1 aliphatic heterocycles. The number of ether oxygens (including phenoxy) is 2. The Hall–Kier alpha value is -1.59. The van der Waals surface area contributed by atoms with Gasteiger partial charge in [-0.2, -0.15) is 0 Å². The molecule has 2 aromatic carbocycles. The van der Waals surface area contributed by atoms with Crippen LogP contribution in [0.3, 0.4) is 0 Å². The van der Waals surface area contributed by atoms with E-state index in [1.54, 1.807) is 0 Å². The highest BCUT2D eigenvalue weighted by Crippen LogP contribution is 2.32. The van der Waals surface area contributed by atoms with Gasteiger partial charge < -0.3 is 27.0 Å². The van der Waals surface area contributed by atoms with Crippen LogP contribution in [0.5, 0.6) is 5.75 Å². The van der Waals surface area contributed by atoms with Gasteiger partial charge in [0.2, 0.25) is 0 Å². The molecule has 0 saturated carbocycles. The normalized spacial score (nSPS) is 17.0. The molecule has 1 aliphatic rings. The maximum atomic E-state index is 11.1. The molecular weight excluding hydrogens is 362 g/mol. The van der Waals surface area contributed by atoms with Crippen LogP contribution in [0.15, 0.2) is 54.6 Å². The summed E-state index contributed by atoms with van der Waals surface area (Å²) in [6.07, 6.45) is 0.431. The third kappa shape index (κ3) is 6.22. The first-order valence-corrected chi connectivity index (χ1v) is 9.54. The monoisotopic (exact) mass is 390 g/mol. The molecule has 2 atom stereocenters. The van der Waals surface area contributed by atoms with Crippen molar-refractivity contribution in [2.24, 2.45) is 0 Å². The summed E-state index contributed by atoms with van der Waals surface area (Å²) in [5.74, 6) is 0.879. The summed E-state index contributed by atoms with van der Waals surface area (Å²) in [7, 11) is 0. The molecule has 0 bridgehead atoms. The standard InChI is InChI=1S/C22H29NO3.ClH/c1-2-14-26-20-10-8-19(9-11-20)22(24)21(18-6-4-3-5-7-18)17-23-12-15-25-16-13-23;/h3-11,21-22,24H,2,12-17H2,1H3;1H/p-1. The van der Waals surface area contributed by atoms with Crippen molar-refractivity contribution in [2.75, 3.05) is 39.5 Å². The number of aliphatic hydroxyl groups is 1. The third-order valence-electron chi connectivity index (χ3n) is 4.86. The summed E-state index contributed by atoms with van der Waals surface area (Å²) in [6, 6.07) is 18.2. The molecule has 2 aromatic rings. The van der Waals surface area contributed by atoms with Gasteiger partial charge in [0, 0.05) is 25.6 Å². The minimum Gasteiger partial charge on any atom is -1.00 e. The fraction of sp³-hybridized carbons (Fsp3) is 0.455. The second-order valence-corrected chi connectivity index (χ2v) is 6.79. The van der Waals surface area contributed by atoms with Gasteiger partial charge in [0.25, 0.3) is 0 Å². The number of aliphatic hydroxyl groups excluding tert-OH is 1. The maximum absolute atomic E-state index is 11.1. The molecule has 1 fully saturated rings. The lowest BCUT2D eigenvalue weighted by Gasteiger charge is -2.33. The Morgan fingerprint density at radius 3 is 2.30 bits per heavy atom. The van der Waals surface area contributed by atoms with Crippen molar-refractivity contribution in [1.29, 1.82) is 0 Å². The lowest BCUT2D eigenvalue weighted by atomic mass is 9.88. The highest BCUT2D eigenvalue weighted by molar-refractivity contribution is 5.32. The van der Waals surface area contributed by atoms with Crippen LogP contribution in [0.1, 0.15) is 36.5 Å². The molecule has 4 nitrogen and oxygen atoms in total. The van der Waals surface area contributed by atoms with Gasteiger partial charge in [-0.1, -0.05) is 49.4 Å². The van der Waals surface area contributed by atoms with E-state index in [2.05, 4.69) is 24.0 Å². The summed E-state index contributed by atoms with van der Waals surface area (Å²) in [6.45, 7) is 6.99. The summed E-state index contributed by atoms with van der Waals surface area (Å²) < 4.78 is 11.1. The number of hydrogen-bond acceptors (Lipinski definition) is 4. The second kappa shape index (κ2) is 11.3. The predicted molar refractivity (Wildman–Crippen MR) is 104 cm³/mol. The molecule has 0 aliphatic carbocycles. The number of nitrogens with zero attached hydrogens (tertiary/aromatic N) is 1. The van der Waals surface area contributed by atoms with Gasteiger partial charge in [0.1, 0.15) is 5.75 Å². The second-order valence-electron chi connectivity index (χ2n) is 6.79. The molecular formula is C22H29ClNO3-. The molecule has 3 rings (SSSR count). The average molecular weight is 391 g/mol. The fourth-order valence-electron chi connectivity index (χ4n) is 3.36. The van der Waals surface area contributed by atoms with Crippen molar-refractivity contribution in [3.05, 3.63) is 65.7 Å². The van der Waals surface area contributed by atoms with E-state index in [9.17, 15) is 5.11 Å². The van der Waals surface area contributed by atoms with Crippen molar-refractivity contribution in [1.82, 2.24) is 4.90 Å². The van der Waals surface area contributed by atoms with Crippen molar-refractivity contribution in [2.45, 2.75) is 25.4 Å². The molecule has 0 aromatic heterocycles. The Morgan fingerprint density at radius 2 is 1.67 bits per heavy atom. The first-order valence-electron chi connectivity index (χ1n) is 9.54. The largest absolute Gasteiger partial charge is 1.00 e. The smallest absolute Gasteiger partial charge is 0.119 e. The summed E-state index contributed by atoms with van der Waals surface area (Å²) in [5.41, 5.74) is 2.09. The van der Waals surface area contributed by atoms with Crippen LogP contribution in [-0.2, 0) is 4.74 Å². The zero-order valence-electron chi connectivity index (χ0n) is 15.9. The third-order valence-corrected chi connectivity index (χ3v) is 4.86. The Labute approximate surface area is 168 Å². The van der Waals surface area contributed by atoms with E-state index in [0.29, 0.717) is 6.61 Å². The average Bonchev–Trinajstić information content (AvgIpc) is 2.72. The van der Waals surface area contributed by atoms with Gasteiger partial charge in [0.05, 0.1) is 25.9 Å². The minimum atomic E-state index is -0.555. The number of rotatable bonds is 8. The quantitative estimate of drug-likeness (QED) is 0.718. The molecule has 0 radical (unpaired) electrons. The Balaban J connectivity index is 0.00000261. The lowest BCUT2D eigenvalue weighted by Crippen LogP contribution is -3.00. The molecule has 27 heavy (non-hydrogen) atoms. The fourth-order valence-corrected chi connectivity index (χ4v) is 3.36. The van der Waals surface area contributed by atoms with Crippen LogP contribution in [0, 0.1) is 0 Å². The van der Waals surface area contributed by atoms with E-state index in [1.165, 1.54) is 0 Å². The first-order chi connectivity index (χ1) is 12.8. The van der Waals surface area contributed by atoms with Crippen molar-refractivity contribution in [3.8, 4) is 5.75 Å². The highest BCUT2D eigenvalue weighted by atomic mass is 35.5. The zero-order chi connectivity index (χ0) is 18.2. The molecule has 0 amide bonds. The number of benzene rings is 2. The van der Waals surface area contributed by atoms with Gasteiger partial charge in [-0.05, 0) is 29.7 Å². The van der Waals surface area contributed by atoms with E-state index in [1.807, 2.05) is 42.5 Å². The summed E-state index contributed by atoms with van der Waals surface area (Å²) >= 11 is 0. The van der Waals surface area contributed by atoms with Crippen molar-refractivity contribution >= 4 is 0 Å². The van der Waals surface area contributed by atoms with E-state index < -0.39 is 6.10 Å². The Kier molecular flexibility index (Phi) is 9.08. The first kappa shape index (κ1) is 21.7. The number of morpholine rings is 1. The van der Waals surface area contributed by atoms with Crippen molar-refractivity contribution in [3.63, 3.8) is 0 Å². The molecule has 5 heteroatoms. The minimum absolute atomic E-state index is 0. The van der Waals surface area contributed by atoms with Gasteiger partial charge in [-0.3, -0.25) is 4.90 Å². The summed E-state index contributed by atoms with van der Waals surface area (Å²) in [5, 5.41) is 11.1. The van der Waals surface area contributed by atoms with E-state index in [0.717, 1.165) is 56.1 Å². The molecule has 0 spiro atoms. The van der Waals surface area contributed by atoms with Crippen LogP contribution in [0.4, 0.5) is 0 Å². The van der Waals surface area contributed by atoms with E-state index in [4.69, 9.17) is 9.47 Å². The van der Waals surface area contributed by atoms with E-state index in [-0.39, 0.29) is 18.3 Å². The van der Waals surface area contributed by atoms with Gasteiger partial charge >= 0.3 is 0 Å². The van der Waals surface area contributed by atoms with Gasteiger partial charge in [-0.15, -0.1) is 0 Å². The topological polar surface area (TPSA) is 41.9 Å². The number of halogens is 1. The van der Waals surface area contributed by atoms with Crippen LogP contribution in [0.2, 0.25) is 0 Å². The number of hydrogen-bond donors (Lipinski definition) is 1. The molecule has 148 valence electrons. The highest BCUT2D eigenvalue weighted by Gasteiger charge is 2.26. The Morgan fingerprint density at radius 1 is 1.00 bits per heavy atom. The molecule has 1 heterocycles. The molecule has 2 unspecified atom stereocenters. The van der Waals surface area contributed by atoms with Crippen LogP contribution >= 0.6 is 0 Å². The zero-order valence-corrected chi connectivity index (χ0v) is 16.6. The van der Waals surface area contributed by atoms with Crippen molar-refractivity contribution < 1.29 is 27.0 Å². The molecule has 1 saturated heterocycles. The SMILES string of the molecule is CCCOc1ccc(C(O)C(CN2CCOCC2)c2ccccc2)cc1.[Cl-]. The predicted octanol–water partition coefficient (Wildman–Crippen LogP) is 0.629.